The van der Waals surface area contributed by atoms with Gasteiger partial charge in [0.05, 0.1) is 5.56 Å². The first-order chi connectivity index (χ1) is 7.20. The van der Waals surface area contributed by atoms with Crippen molar-refractivity contribution in [3.05, 3.63) is 32.9 Å². The summed E-state index contributed by atoms with van der Waals surface area (Å²) in [6.45, 7) is 3.85. The molecule has 0 atom stereocenters. The molecule has 2 nitrogen and oxygen atoms in total. The summed E-state index contributed by atoms with van der Waals surface area (Å²) < 4.78 is 1.06. The van der Waals surface area contributed by atoms with E-state index >= 15 is 0 Å². The number of carbonyl (C=O) groups excluding carboxylic acids is 1. The van der Waals surface area contributed by atoms with Crippen LogP contribution < -0.4 is 0 Å². The second-order valence-electron chi connectivity index (χ2n) is 3.93. The van der Waals surface area contributed by atoms with E-state index in [2.05, 4.69) is 22.6 Å². The molecule has 1 aromatic carbocycles. The molecule has 0 bridgehead atoms. The average Bonchev–Trinajstić information content (AvgIpc) is 2.69. The van der Waals surface area contributed by atoms with Crippen LogP contribution in [0.25, 0.3) is 0 Å². The molecule has 0 radical (unpaired) electrons. The molecular formula is C12H14INO. The van der Waals surface area contributed by atoms with Crippen LogP contribution >= 0.6 is 22.6 Å². The monoisotopic (exact) mass is 315 g/mol. The van der Waals surface area contributed by atoms with Gasteiger partial charge >= 0.3 is 0 Å². The molecule has 0 aliphatic carbocycles. The van der Waals surface area contributed by atoms with Crippen molar-refractivity contribution in [2.45, 2.75) is 19.8 Å². The lowest BCUT2D eigenvalue weighted by atomic mass is 10.1. The van der Waals surface area contributed by atoms with E-state index in [9.17, 15) is 4.79 Å². The van der Waals surface area contributed by atoms with Crippen molar-refractivity contribution >= 4 is 28.5 Å². The molecule has 0 N–H and O–H groups in total. The molecule has 1 amide bonds. The minimum absolute atomic E-state index is 0.204. The Kier molecular flexibility index (Phi) is 3.29. The summed E-state index contributed by atoms with van der Waals surface area (Å²) >= 11 is 2.24. The first kappa shape index (κ1) is 10.9. The van der Waals surface area contributed by atoms with E-state index in [4.69, 9.17) is 0 Å². The van der Waals surface area contributed by atoms with Crippen LogP contribution in [0.5, 0.6) is 0 Å². The summed E-state index contributed by atoms with van der Waals surface area (Å²) in [7, 11) is 0. The fraction of sp³-hybridized carbons (Fsp3) is 0.417. The molecule has 0 saturated carbocycles. The normalized spacial score (nSPS) is 15.7. The molecule has 1 aliphatic heterocycles. The standard InChI is InChI=1S/C12H14INO/c1-9-5-4-6-10(13)11(9)12(15)14-7-2-3-8-14/h4-6H,2-3,7-8H2,1H3. The van der Waals surface area contributed by atoms with Gasteiger partial charge in [0, 0.05) is 16.7 Å². The van der Waals surface area contributed by atoms with Gasteiger partial charge in [-0.25, -0.2) is 0 Å². The Bertz CT molecular complexity index is 363. The molecule has 3 heteroatoms. The summed E-state index contributed by atoms with van der Waals surface area (Å²) in [5, 5.41) is 0. The Morgan fingerprint density at radius 2 is 2.00 bits per heavy atom. The summed E-state index contributed by atoms with van der Waals surface area (Å²) in [5.74, 6) is 0.204. The molecule has 1 aromatic rings. The van der Waals surface area contributed by atoms with E-state index in [1.54, 1.807) is 0 Å². The zero-order valence-electron chi connectivity index (χ0n) is 8.79. The Labute approximate surface area is 104 Å². The number of benzene rings is 1. The highest BCUT2D eigenvalue weighted by Gasteiger charge is 2.22. The van der Waals surface area contributed by atoms with Gasteiger partial charge in [-0.2, -0.15) is 0 Å². The minimum Gasteiger partial charge on any atom is -0.339 e. The summed E-state index contributed by atoms with van der Waals surface area (Å²) in [5.41, 5.74) is 1.97. The number of hydrogen-bond acceptors (Lipinski definition) is 1. The fourth-order valence-corrected chi connectivity index (χ4v) is 2.84. The van der Waals surface area contributed by atoms with E-state index < -0.39 is 0 Å². The number of halogens is 1. The Hall–Kier alpha value is -0.580. The first-order valence-electron chi connectivity index (χ1n) is 5.24. The maximum absolute atomic E-state index is 12.2. The molecule has 1 fully saturated rings. The van der Waals surface area contributed by atoms with Gasteiger partial charge in [0.25, 0.3) is 5.91 Å². The van der Waals surface area contributed by atoms with Crippen molar-refractivity contribution in [3.8, 4) is 0 Å². The number of rotatable bonds is 1. The van der Waals surface area contributed by atoms with Gasteiger partial charge in [-0.3, -0.25) is 4.79 Å². The summed E-state index contributed by atoms with van der Waals surface area (Å²) in [4.78, 5) is 14.2. The smallest absolute Gasteiger partial charge is 0.255 e. The molecule has 1 aliphatic rings. The van der Waals surface area contributed by atoms with Crippen LogP contribution in [0.15, 0.2) is 18.2 Å². The third-order valence-corrected chi connectivity index (χ3v) is 3.73. The van der Waals surface area contributed by atoms with Crippen molar-refractivity contribution < 1.29 is 4.79 Å². The zero-order chi connectivity index (χ0) is 10.8. The average molecular weight is 315 g/mol. The van der Waals surface area contributed by atoms with Crippen LogP contribution in [-0.4, -0.2) is 23.9 Å². The van der Waals surface area contributed by atoms with Crippen molar-refractivity contribution in [1.29, 1.82) is 0 Å². The van der Waals surface area contributed by atoms with Gasteiger partial charge < -0.3 is 4.90 Å². The van der Waals surface area contributed by atoms with Crippen LogP contribution in [0.2, 0.25) is 0 Å². The van der Waals surface area contributed by atoms with E-state index in [1.807, 2.05) is 30.0 Å². The first-order valence-corrected chi connectivity index (χ1v) is 6.32. The quantitative estimate of drug-likeness (QED) is 0.730. The molecular weight excluding hydrogens is 301 g/mol. The lowest BCUT2D eigenvalue weighted by Gasteiger charge is -2.17. The van der Waals surface area contributed by atoms with Gasteiger partial charge in [-0.1, -0.05) is 12.1 Å². The number of hydrogen-bond donors (Lipinski definition) is 0. The third-order valence-electron chi connectivity index (χ3n) is 2.83. The predicted molar refractivity (Wildman–Crippen MR) is 69.0 cm³/mol. The van der Waals surface area contributed by atoms with E-state index in [-0.39, 0.29) is 5.91 Å². The summed E-state index contributed by atoms with van der Waals surface area (Å²) in [6.07, 6.45) is 2.29. The SMILES string of the molecule is Cc1cccc(I)c1C(=O)N1CCCC1. The number of aryl methyl sites for hydroxylation is 1. The highest BCUT2D eigenvalue weighted by atomic mass is 127. The zero-order valence-corrected chi connectivity index (χ0v) is 11.0. The Balaban J connectivity index is 2.32. The minimum atomic E-state index is 0.204. The molecule has 1 saturated heterocycles. The van der Waals surface area contributed by atoms with Crippen LogP contribution in [-0.2, 0) is 0 Å². The molecule has 2 rings (SSSR count). The van der Waals surface area contributed by atoms with Gasteiger partial charge in [-0.05, 0) is 54.0 Å². The molecule has 1 heterocycles. The predicted octanol–water partition coefficient (Wildman–Crippen LogP) is 2.84. The number of carbonyl (C=O) groups is 1. The second kappa shape index (κ2) is 4.51. The van der Waals surface area contributed by atoms with E-state index in [1.165, 1.54) is 0 Å². The lowest BCUT2D eigenvalue weighted by molar-refractivity contribution is 0.0791. The second-order valence-corrected chi connectivity index (χ2v) is 5.09. The van der Waals surface area contributed by atoms with Crippen molar-refractivity contribution in [2.75, 3.05) is 13.1 Å². The lowest BCUT2D eigenvalue weighted by Crippen LogP contribution is -2.28. The molecule has 0 spiro atoms. The van der Waals surface area contributed by atoms with Gasteiger partial charge in [-0.15, -0.1) is 0 Å². The van der Waals surface area contributed by atoms with Crippen molar-refractivity contribution in [1.82, 2.24) is 4.90 Å². The highest BCUT2D eigenvalue weighted by molar-refractivity contribution is 14.1. The molecule has 0 aromatic heterocycles. The maximum atomic E-state index is 12.2. The van der Waals surface area contributed by atoms with Crippen LogP contribution in [0.3, 0.4) is 0 Å². The number of likely N-dealkylation sites (tertiary alicyclic amines) is 1. The molecule has 80 valence electrons. The molecule has 0 unspecified atom stereocenters. The topological polar surface area (TPSA) is 20.3 Å². The van der Waals surface area contributed by atoms with E-state index in [0.717, 1.165) is 40.6 Å². The maximum Gasteiger partial charge on any atom is 0.255 e. The van der Waals surface area contributed by atoms with E-state index in [0.29, 0.717) is 0 Å². The fourth-order valence-electron chi connectivity index (χ4n) is 1.98. The Morgan fingerprint density at radius 1 is 1.33 bits per heavy atom. The number of amides is 1. The third kappa shape index (κ3) is 2.17. The molecule has 15 heavy (non-hydrogen) atoms. The highest BCUT2D eigenvalue weighted by Crippen LogP contribution is 2.20. The Morgan fingerprint density at radius 3 is 2.60 bits per heavy atom. The van der Waals surface area contributed by atoms with Gasteiger partial charge in [0.2, 0.25) is 0 Å². The van der Waals surface area contributed by atoms with Crippen molar-refractivity contribution in [3.63, 3.8) is 0 Å². The van der Waals surface area contributed by atoms with Gasteiger partial charge in [0.15, 0.2) is 0 Å². The van der Waals surface area contributed by atoms with Crippen molar-refractivity contribution in [2.24, 2.45) is 0 Å². The van der Waals surface area contributed by atoms with Gasteiger partial charge in [0.1, 0.15) is 0 Å². The largest absolute Gasteiger partial charge is 0.339 e. The number of nitrogens with zero attached hydrogens (tertiary/aromatic N) is 1. The van der Waals surface area contributed by atoms with Crippen LogP contribution in [0.1, 0.15) is 28.8 Å². The van der Waals surface area contributed by atoms with Crippen LogP contribution in [0, 0.1) is 10.5 Å². The van der Waals surface area contributed by atoms with Crippen LogP contribution in [0.4, 0.5) is 0 Å². The summed E-state index contributed by atoms with van der Waals surface area (Å²) in [6, 6.07) is 6.00.